The van der Waals surface area contributed by atoms with Gasteiger partial charge in [-0.2, -0.15) is 0 Å². The van der Waals surface area contributed by atoms with Gasteiger partial charge < -0.3 is 18.6 Å². The van der Waals surface area contributed by atoms with Gasteiger partial charge in [0.15, 0.2) is 0 Å². The summed E-state index contributed by atoms with van der Waals surface area (Å²) < 4.78 is 19.5. The third-order valence-electron chi connectivity index (χ3n) is 27.3. The molecule has 0 atom stereocenters. The Morgan fingerprint density at radius 3 is 0.892 bits per heavy atom. The van der Waals surface area contributed by atoms with Gasteiger partial charge in [0, 0.05) is 124 Å². The van der Waals surface area contributed by atoms with Crippen LogP contribution in [0.1, 0.15) is 47.2 Å². The summed E-state index contributed by atoms with van der Waals surface area (Å²) in [6.07, 6.45) is 0. The number of hydrogen-bond donors (Lipinski definition) is 0. The third kappa shape index (κ3) is 12.4. The number of para-hydroxylation sites is 2. The van der Waals surface area contributed by atoms with E-state index in [0.29, 0.717) is 0 Å². The van der Waals surface area contributed by atoms with Crippen molar-refractivity contribution in [1.29, 1.82) is 0 Å². The van der Waals surface area contributed by atoms with Crippen molar-refractivity contribution < 1.29 is 8.83 Å². The molecule has 4 nitrogen and oxygen atoms in total. The first-order valence-corrected chi connectivity index (χ1v) is 46.3. The van der Waals surface area contributed by atoms with E-state index >= 15 is 0 Å². The Labute approximate surface area is 762 Å². The molecule has 0 spiro atoms. The minimum absolute atomic E-state index is 0.0843. The standard InChI is InChI=1S/C67H43NOS.C57H39NOS/c1-4-16-44(17-5-1)45-30-36-50(37-31-45)68(52-40-34-47(35-41-52)54-25-15-27-58-55-22-11-13-29-62(55)70-66(54)58)51-38-32-46(33-39-51)53-24-14-26-56-57-42-43-61-63(65(57)69-64(53)56)59-23-10-12-28-60(59)67(61,48-18-6-2-7-19-48)49-20-8-3-9-21-49;1-57(2)50-20-8-6-15-49(50)53-51(57)35-34-47-46-18-10-16-43(54(46)59-55(47)53)38-24-30-41(31-25-38)58(40-28-22-37(23-29-40)36-12-4-3-5-13-36)42-32-26-39(27-33-42)44-17-11-19-48-45-14-7-9-21-52(45)60-56(44)48/h1-43H;3-35H,1-2H3. The molecule has 0 aliphatic heterocycles. The lowest BCUT2D eigenvalue weighted by molar-refractivity contribution is 0.653. The van der Waals surface area contributed by atoms with Gasteiger partial charge in [0.1, 0.15) is 22.3 Å². The van der Waals surface area contributed by atoms with Crippen LogP contribution in [0.25, 0.3) is 173 Å². The Kier molecular flexibility index (Phi) is 18.2. The highest BCUT2D eigenvalue weighted by molar-refractivity contribution is 7.26. The van der Waals surface area contributed by atoms with E-state index in [9.17, 15) is 0 Å². The molecule has 6 heteroatoms. The monoisotopic (exact) mass is 1690 g/mol. The van der Waals surface area contributed by atoms with Crippen molar-refractivity contribution in [2.75, 3.05) is 9.80 Å². The summed E-state index contributed by atoms with van der Waals surface area (Å²) in [6, 6.07) is 168. The van der Waals surface area contributed by atoms with Crippen molar-refractivity contribution in [1.82, 2.24) is 0 Å². The highest BCUT2D eigenvalue weighted by Crippen LogP contribution is 2.60. The Morgan fingerprint density at radius 2 is 0.477 bits per heavy atom. The van der Waals surface area contributed by atoms with Crippen LogP contribution in [0.3, 0.4) is 0 Å². The van der Waals surface area contributed by atoms with Gasteiger partial charge in [0.2, 0.25) is 0 Å². The first-order valence-electron chi connectivity index (χ1n) is 44.7. The Hall–Kier alpha value is -16.0. The van der Waals surface area contributed by atoms with Crippen molar-refractivity contribution in [3.8, 4) is 89.0 Å². The Morgan fingerprint density at radius 1 is 0.192 bits per heavy atom. The van der Waals surface area contributed by atoms with Gasteiger partial charge in [-0.3, -0.25) is 0 Å². The van der Waals surface area contributed by atoms with Gasteiger partial charge >= 0.3 is 0 Å². The molecule has 0 fully saturated rings. The molecular formula is C124H82N2O2S2. The Balaban J connectivity index is 0.000000142. The summed E-state index contributed by atoms with van der Waals surface area (Å²) in [7, 11) is 0. The molecule has 0 radical (unpaired) electrons. The van der Waals surface area contributed by atoms with E-state index < -0.39 is 5.41 Å². The van der Waals surface area contributed by atoms with Crippen LogP contribution < -0.4 is 9.80 Å². The number of benzene rings is 20. The molecule has 0 bridgehead atoms. The number of fused-ring (bicyclic) bond motifs is 20. The first kappa shape index (κ1) is 76.5. The zero-order chi connectivity index (χ0) is 86.1. The maximum Gasteiger partial charge on any atom is 0.143 e. The minimum Gasteiger partial charge on any atom is -0.455 e. The second kappa shape index (κ2) is 31.0. The van der Waals surface area contributed by atoms with Crippen LogP contribution in [0.4, 0.5) is 34.1 Å². The average molecular weight is 1700 g/mol. The molecule has 0 unspecified atom stereocenters. The number of nitrogens with zero attached hydrogens (tertiary/aromatic N) is 2. The van der Waals surface area contributed by atoms with Crippen molar-refractivity contribution in [2.45, 2.75) is 24.7 Å². The largest absolute Gasteiger partial charge is 0.455 e. The van der Waals surface area contributed by atoms with E-state index in [1.54, 1.807) is 0 Å². The highest BCUT2D eigenvalue weighted by atomic mass is 32.1. The SMILES string of the molecule is CC1(C)c2ccccc2-c2c1ccc1c2oc2c(-c3ccc(N(c4ccc(-c5ccccc5)cc4)c4ccc(-c5cccc6c5sc5ccccc56)cc4)cc3)cccc21.c1ccc(-c2ccc(N(c3ccc(-c4cccc5c4oc4c6c(ccc45)C(c4ccccc4)(c4ccccc4)c4ccccc4-6)cc3)c3ccc(-c4cccc5c4sc4ccccc45)cc3)cc2)cc1. The zero-order valence-corrected chi connectivity index (χ0v) is 73.0. The Bertz CT molecular complexity index is 8470. The van der Waals surface area contributed by atoms with Crippen LogP contribution in [-0.2, 0) is 10.8 Å². The van der Waals surface area contributed by atoms with E-state index in [1.807, 2.05) is 22.7 Å². The van der Waals surface area contributed by atoms with Crippen molar-refractivity contribution in [3.05, 3.63) is 494 Å². The van der Waals surface area contributed by atoms with Gasteiger partial charge in [-0.1, -0.05) is 390 Å². The molecular weight excluding hydrogens is 1610 g/mol. The van der Waals surface area contributed by atoms with E-state index in [2.05, 4.69) is 485 Å². The highest BCUT2D eigenvalue weighted by Gasteiger charge is 2.48. The maximum absolute atomic E-state index is 7.25. The lowest BCUT2D eigenvalue weighted by atomic mass is 9.68. The summed E-state index contributed by atoms with van der Waals surface area (Å²) in [5.41, 5.74) is 36.3. The summed E-state index contributed by atoms with van der Waals surface area (Å²) in [5, 5.41) is 9.79. The molecule has 2 aliphatic rings. The topological polar surface area (TPSA) is 32.8 Å². The average Bonchev–Trinajstić information content (AvgIpc) is 1.52. The molecule has 26 rings (SSSR count). The summed E-state index contributed by atoms with van der Waals surface area (Å²) in [5.74, 6) is 0. The molecule has 0 saturated heterocycles. The van der Waals surface area contributed by atoms with Gasteiger partial charge in [-0.15, -0.1) is 22.7 Å². The molecule has 0 amide bonds. The van der Waals surface area contributed by atoms with E-state index in [4.69, 9.17) is 8.83 Å². The molecule has 2 aliphatic carbocycles. The lowest BCUT2D eigenvalue weighted by Crippen LogP contribution is -2.28. The van der Waals surface area contributed by atoms with Crippen LogP contribution in [0.5, 0.6) is 0 Å². The van der Waals surface area contributed by atoms with E-state index in [1.165, 1.54) is 140 Å². The molecule has 0 N–H and O–H groups in total. The van der Waals surface area contributed by atoms with Crippen molar-refractivity contribution in [3.63, 3.8) is 0 Å². The molecule has 4 heterocycles. The van der Waals surface area contributed by atoms with Crippen molar-refractivity contribution in [2.24, 2.45) is 0 Å². The fraction of sp³-hybridized carbons (Fsp3) is 0.0323. The van der Waals surface area contributed by atoms with Gasteiger partial charge in [-0.05, 0) is 185 Å². The molecule has 20 aromatic carbocycles. The predicted molar refractivity (Wildman–Crippen MR) is 550 cm³/mol. The van der Waals surface area contributed by atoms with E-state index in [0.717, 1.165) is 100 Å². The molecule has 130 heavy (non-hydrogen) atoms. The number of rotatable bonds is 14. The lowest BCUT2D eigenvalue weighted by Gasteiger charge is -2.33. The molecule has 612 valence electrons. The minimum atomic E-state index is -0.498. The maximum atomic E-state index is 7.25. The van der Waals surface area contributed by atoms with Gasteiger partial charge in [-0.25, -0.2) is 0 Å². The fourth-order valence-corrected chi connectivity index (χ4v) is 23.6. The molecule has 0 saturated carbocycles. The third-order valence-corrected chi connectivity index (χ3v) is 29.8. The number of hydrogen-bond acceptors (Lipinski definition) is 6. The summed E-state index contributed by atoms with van der Waals surface area (Å²) in [4.78, 5) is 4.71. The van der Waals surface area contributed by atoms with Crippen molar-refractivity contribution >= 4 is 141 Å². The normalized spacial score (nSPS) is 12.8. The molecule has 24 aromatic rings. The van der Waals surface area contributed by atoms with Gasteiger partial charge in [0.05, 0.1) is 5.41 Å². The number of thiophene rings is 2. The summed E-state index contributed by atoms with van der Waals surface area (Å²) in [6.45, 7) is 4.64. The number of furan rings is 2. The molecule has 4 aromatic heterocycles. The quantitative estimate of drug-likeness (QED) is 0.109. The van der Waals surface area contributed by atoms with E-state index in [-0.39, 0.29) is 5.41 Å². The second-order valence-electron chi connectivity index (χ2n) is 34.7. The van der Waals surface area contributed by atoms with Crippen LogP contribution >= 0.6 is 22.7 Å². The zero-order valence-electron chi connectivity index (χ0n) is 71.4. The summed E-state index contributed by atoms with van der Waals surface area (Å²) >= 11 is 3.74. The number of anilines is 6. The smallest absolute Gasteiger partial charge is 0.143 e. The van der Waals surface area contributed by atoms with Crippen LogP contribution in [0.2, 0.25) is 0 Å². The van der Waals surface area contributed by atoms with Crippen LogP contribution in [-0.4, -0.2) is 0 Å². The second-order valence-corrected chi connectivity index (χ2v) is 36.8. The predicted octanol–water partition coefficient (Wildman–Crippen LogP) is 35.5. The first-order chi connectivity index (χ1) is 64.2. The fourth-order valence-electron chi connectivity index (χ4n) is 21.1. The van der Waals surface area contributed by atoms with Crippen LogP contribution in [0.15, 0.2) is 470 Å². The van der Waals surface area contributed by atoms with Gasteiger partial charge in [0.25, 0.3) is 0 Å². The van der Waals surface area contributed by atoms with Crippen LogP contribution in [0, 0.1) is 0 Å².